The predicted molar refractivity (Wildman–Crippen MR) is 85.5 cm³/mol. The van der Waals surface area contributed by atoms with Gasteiger partial charge in [-0.3, -0.25) is 4.79 Å². The van der Waals surface area contributed by atoms with Gasteiger partial charge in [-0.25, -0.2) is 0 Å². The summed E-state index contributed by atoms with van der Waals surface area (Å²) in [6.07, 6.45) is 4.11. The lowest BCUT2D eigenvalue weighted by atomic mass is 9.90. The maximum atomic E-state index is 11.7. The first kappa shape index (κ1) is 17.7. The molecule has 0 radical (unpaired) electrons. The Hall–Kier alpha value is -1.39. The Kier molecular flexibility index (Phi) is 8.71. The number of rotatable bonds is 10. The molecule has 2 unspecified atom stereocenters. The SMILES string of the molecule is CCC(CCCN)C(N)CCC(=O)OCc1ccccc1. The van der Waals surface area contributed by atoms with Crippen molar-refractivity contribution in [1.82, 2.24) is 0 Å². The normalized spacial score (nSPS) is 13.7. The molecule has 0 saturated carbocycles. The number of esters is 1. The maximum Gasteiger partial charge on any atom is 0.306 e. The molecule has 0 bridgehead atoms. The van der Waals surface area contributed by atoms with Gasteiger partial charge in [0.25, 0.3) is 0 Å². The molecule has 2 atom stereocenters. The molecule has 4 N–H and O–H groups in total. The highest BCUT2D eigenvalue weighted by Crippen LogP contribution is 2.17. The van der Waals surface area contributed by atoms with Crippen LogP contribution in [0.1, 0.15) is 44.6 Å². The van der Waals surface area contributed by atoms with E-state index < -0.39 is 0 Å². The molecule has 4 nitrogen and oxygen atoms in total. The van der Waals surface area contributed by atoms with E-state index in [-0.39, 0.29) is 12.0 Å². The van der Waals surface area contributed by atoms with E-state index in [2.05, 4.69) is 6.92 Å². The maximum absolute atomic E-state index is 11.7. The van der Waals surface area contributed by atoms with Gasteiger partial charge in [-0.15, -0.1) is 0 Å². The van der Waals surface area contributed by atoms with E-state index in [1.165, 1.54) is 0 Å². The van der Waals surface area contributed by atoms with Gasteiger partial charge in [-0.1, -0.05) is 43.7 Å². The van der Waals surface area contributed by atoms with Crippen LogP contribution in [0.25, 0.3) is 0 Å². The number of hydrogen-bond donors (Lipinski definition) is 2. The summed E-state index contributed by atoms with van der Waals surface area (Å²) >= 11 is 0. The van der Waals surface area contributed by atoms with Gasteiger partial charge in [0.05, 0.1) is 0 Å². The molecule has 4 heteroatoms. The molecule has 0 aliphatic rings. The van der Waals surface area contributed by atoms with Crippen molar-refractivity contribution in [2.24, 2.45) is 17.4 Å². The Bertz CT molecular complexity index is 395. The highest BCUT2D eigenvalue weighted by molar-refractivity contribution is 5.69. The molecule has 0 amide bonds. The van der Waals surface area contributed by atoms with Crippen LogP contribution >= 0.6 is 0 Å². The Morgan fingerprint density at radius 3 is 2.57 bits per heavy atom. The second-order valence-electron chi connectivity index (χ2n) is 5.45. The van der Waals surface area contributed by atoms with Crippen molar-refractivity contribution in [3.8, 4) is 0 Å². The lowest BCUT2D eigenvalue weighted by Crippen LogP contribution is -2.31. The van der Waals surface area contributed by atoms with Crippen LogP contribution in [0.3, 0.4) is 0 Å². The number of benzene rings is 1. The van der Waals surface area contributed by atoms with Gasteiger partial charge in [0.15, 0.2) is 0 Å². The van der Waals surface area contributed by atoms with Crippen LogP contribution in [0, 0.1) is 5.92 Å². The minimum Gasteiger partial charge on any atom is -0.461 e. The summed E-state index contributed by atoms with van der Waals surface area (Å²) in [6.45, 7) is 3.16. The van der Waals surface area contributed by atoms with Gasteiger partial charge in [-0.05, 0) is 37.3 Å². The van der Waals surface area contributed by atoms with Gasteiger partial charge in [0, 0.05) is 12.5 Å². The number of carbonyl (C=O) groups excluding carboxylic acids is 1. The number of nitrogens with two attached hydrogens (primary N) is 2. The van der Waals surface area contributed by atoms with Crippen LogP contribution in [0.2, 0.25) is 0 Å². The fourth-order valence-electron chi connectivity index (χ4n) is 2.43. The van der Waals surface area contributed by atoms with Gasteiger partial charge in [0.2, 0.25) is 0 Å². The van der Waals surface area contributed by atoms with Crippen LogP contribution in [0.4, 0.5) is 0 Å². The molecule has 0 fully saturated rings. The molecule has 0 spiro atoms. The molecule has 21 heavy (non-hydrogen) atoms. The van der Waals surface area contributed by atoms with Gasteiger partial charge in [-0.2, -0.15) is 0 Å². The molecule has 0 saturated heterocycles. The molecule has 1 aromatic rings. The fraction of sp³-hybridized carbons (Fsp3) is 0.588. The standard InChI is InChI=1S/C17H28N2O2/c1-2-15(9-6-12-18)16(19)10-11-17(20)21-13-14-7-4-3-5-8-14/h3-5,7-8,15-16H,2,6,9-13,18-19H2,1H3. The van der Waals surface area contributed by atoms with E-state index in [1.54, 1.807) is 0 Å². The van der Waals surface area contributed by atoms with Crippen LogP contribution < -0.4 is 11.5 Å². The smallest absolute Gasteiger partial charge is 0.306 e. The van der Waals surface area contributed by atoms with E-state index in [0.717, 1.165) is 24.8 Å². The molecule has 0 aromatic heterocycles. The molecular weight excluding hydrogens is 264 g/mol. The van der Waals surface area contributed by atoms with Crippen LogP contribution in [0.5, 0.6) is 0 Å². The van der Waals surface area contributed by atoms with Gasteiger partial charge in [0.1, 0.15) is 6.61 Å². The highest BCUT2D eigenvalue weighted by atomic mass is 16.5. The fourth-order valence-corrected chi connectivity index (χ4v) is 2.43. The van der Waals surface area contributed by atoms with Crippen molar-refractivity contribution >= 4 is 5.97 Å². The van der Waals surface area contributed by atoms with Crippen LogP contribution in [0.15, 0.2) is 30.3 Å². The lowest BCUT2D eigenvalue weighted by molar-refractivity contribution is -0.145. The largest absolute Gasteiger partial charge is 0.461 e. The van der Waals surface area contributed by atoms with E-state index >= 15 is 0 Å². The monoisotopic (exact) mass is 292 g/mol. The average Bonchev–Trinajstić information content (AvgIpc) is 2.52. The van der Waals surface area contributed by atoms with Crippen molar-refractivity contribution in [2.45, 2.75) is 51.7 Å². The third-order valence-electron chi connectivity index (χ3n) is 3.83. The Labute approximate surface area is 127 Å². The summed E-state index contributed by atoms with van der Waals surface area (Å²) in [4.78, 5) is 11.7. The second-order valence-corrected chi connectivity index (χ2v) is 5.45. The number of hydrogen-bond acceptors (Lipinski definition) is 4. The predicted octanol–water partition coefficient (Wildman–Crippen LogP) is 2.60. The van der Waals surface area contributed by atoms with E-state index in [9.17, 15) is 4.79 Å². The molecular formula is C17H28N2O2. The van der Waals surface area contributed by atoms with E-state index in [0.29, 0.717) is 31.9 Å². The summed E-state index contributed by atoms with van der Waals surface area (Å²) in [5.41, 5.74) is 12.7. The average molecular weight is 292 g/mol. The first-order valence-corrected chi connectivity index (χ1v) is 7.82. The summed E-state index contributed by atoms with van der Waals surface area (Å²) < 4.78 is 5.26. The number of carbonyl (C=O) groups is 1. The quantitative estimate of drug-likeness (QED) is 0.650. The minimum atomic E-state index is -0.178. The summed E-state index contributed by atoms with van der Waals surface area (Å²) in [5, 5.41) is 0. The Morgan fingerprint density at radius 1 is 1.24 bits per heavy atom. The van der Waals surface area contributed by atoms with Gasteiger partial charge >= 0.3 is 5.97 Å². The van der Waals surface area contributed by atoms with Crippen molar-refractivity contribution < 1.29 is 9.53 Å². The van der Waals surface area contributed by atoms with Crippen molar-refractivity contribution in [1.29, 1.82) is 0 Å². The van der Waals surface area contributed by atoms with Crippen molar-refractivity contribution in [2.75, 3.05) is 6.54 Å². The van der Waals surface area contributed by atoms with Crippen LogP contribution in [-0.4, -0.2) is 18.6 Å². The summed E-state index contributed by atoms with van der Waals surface area (Å²) in [5.74, 6) is 0.262. The van der Waals surface area contributed by atoms with Crippen molar-refractivity contribution in [3.05, 3.63) is 35.9 Å². The van der Waals surface area contributed by atoms with Gasteiger partial charge < -0.3 is 16.2 Å². The lowest BCUT2D eigenvalue weighted by Gasteiger charge is -2.22. The molecule has 1 rings (SSSR count). The van der Waals surface area contributed by atoms with E-state index in [1.807, 2.05) is 30.3 Å². The first-order chi connectivity index (χ1) is 10.2. The van der Waals surface area contributed by atoms with Crippen LogP contribution in [-0.2, 0) is 16.1 Å². The molecule has 0 aliphatic carbocycles. The molecule has 0 heterocycles. The third kappa shape index (κ3) is 7.25. The zero-order valence-corrected chi connectivity index (χ0v) is 13.0. The number of ether oxygens (including phenoxy) is 1. The molecule has 1 aromatic carbocycles. The molecule has 0 aliphatic heterocycles. The Morgan fingerprint density at radius 2 is 1.95 bits per heavy atom. The van der Waals surface area contributed by atoms with E-state index in [4.69, 9.17) is 16.2 Å². The Balaban J connectivity index is 2.25. The zero-order chi connectivity index (χ0) is 15.5. The highest BCUT2D eigenvalue weighted by Gasteiger charge is 2.17. The minimum absolute atomic E-state index is 0.0471. The third-order valence-corrected chi connectivity index (χ3v) is 3.83. The summed E-state index contributed by atoms with van der Waals surface area (Å²) in [6, 6.07) is 9.74. The second kappa shape index (κ2) is 10.4. The topological polar surface area (TPSA) is 78.3 Å². The summed E-state index contributed by atoms with van der Waals surface area (Å²) in [7, 11) is 0. The van der Waals surface area contributed by atoms with Crippen molar-refractivity contribution in [3.63, 3.8) is 0 Å². The molecule has 118 valence electrons. The zero-order valence-electron chi connectivity index (χ0n) is 13.0. The first-order valence-electron chi connectivity index (χ1n) is 7.82.